The molecule has 7 nitrogen and oxygen atoms in total. The van der Waals surface area contributed by atoms with Crippen molar-refractivity contribution in [2.75, 3.05) is 16.8 Å². The molecule has 3 rings (SSSR count). The molecule has 0 saturated carbocycles. The number of nitrogens with one attached hydrogen (secondary N) is 2. The number of amides is 1. The number of nitrogens with zero attached hydrogens (tertiary/aromatic N) is 2. The monoisotopic (exact) mass is 380 g/mol. The van der Waals surface area contributed by atoms with E-state index in [4.69, 9.17) is 11.6 Å². The fourth-order valence-corrected chi connectivity index (χ4v) is 4.39. The first-order valence-electron chi connectivity index (χ1n) is 7.69. The Hall–Kier alpha value is -2.19. The number of carbonyl (C=O) groups excluding carboxylic acids is 1. The lowest BCUT2D eigenvalue weighted by Gasteiger charge is -2.11. The average Bonchev–Trinajstić information content (AvgIpc) is 2.90. The van der Waals surface area contributed by atoms with Crippen LogP contribution >= 0.6 is 11.6 Å². The predicted molar refractivity (Wildman–Crippen MR) is 96.0 cm³/mol. The summed E-state index contributed by atoms with van der Waals surface area (Å²) in [7, 11) is -3.05. The molecule has 9 heteroatoms. The molecule has 1 unspecified atom stereocenters. The fraction of sp³-hybridized carbons (Fsp3) is 0.312. The maximum Gasteiger partial charge on any atom is 0.270 e. The molecule has 25 heavy (non-hydrogen) atoms. The minimum atomic E-state index is -3.05. The number of hydrogen-bond donors (Lipinski definition) is 2. The Labute approximate surface area is 150 Å². The van der Waals surface area contributed by atoms with E-state index in [9.17, 15) is 13.2 Å². The van der Waals surface area contributed by atoms with Crippen LogP contribution in [-0.2, 0) is 9.84 Å². The standard InChI is InChI=1S/C16H17ClN4O3S/c1-10-2-3-11(6-13(10)17)20-15-7-14(18-9-19-15)16(22)21-12-4-5-25(23,24)8-12/h2-3,6-7,9,12H,4-5,8H2,1H3,(H,21,22)(H,18,19,20). The van der Waals surface area contributed by atoms with Gasteiger partial charge >= 0.3 is 0 Å². The van der Waals surface area contributed by atoms with Crippen molar-refractivity contribution in [2.24, 2.45) is 0 Å². The van der Waals surface area contributed by atoms with Crippen LogP contribution < -0.4 is 10.6 Å². The number of hydrogen-bond acceptors (Lipinski definition) is 6. The van der Waals surface area contributed by atoms with Crippen LogP contribution in [-0.4, -0.2) is 41.8 Å². The van der Waals surface area contributed by atoms with Gasteiger partial charge in [0.2, 0.25) is 0 Å². The van der Waals surface area contributed by atoms with Crippen molar-refractivity contribution >= 4 is 38.9 Å². The second-order valence-corrected chi connectivity index (χ2v) is 8.59. The second kappa shape index (κ2) is 6.97. The van der Waals surface area contributed by atoms with Gasteiger partial charge < -0.3 is 10.6 Å². The minimum absolute atomic E-state index is 0.0310. The van der Waals surface area contributed by atoms with E-state index in [0.29, 0.717) is 17.3 Å². The summed E-state index contributed by atoms with van der Waals surface area (Å²) in [6, 6.07) is 6.63. The van der Waals surface area contributed by atoms with E-state index in [0.717, 1.165) is 11.3 Å². The molecule has 132 valence electrons. The maximum atomic E-state index is 12.3. The zero-order valence-corrected chi connectivity index (χ0v) is 15.1. The van der Waals surface area contributed by atoms with Gasteiger partial charge in [0.05, 0.1) is 11.5 Å². The van der Waals surface area contributed by atoms with E-state index in [1.165, 1.54) is 12.4 Å². The lowest BCUT2D eigenvalue weighted by Crippen LogP contribution is -2.36. The summed E-state index contributed by atoms with van der Waals surface area (Å²) in [6.07, 6.45) is 1.70. The number of halogens is 1. The molecule has 2 aromatic rings. The van der Waals surface area contributed by atoms with Crippen molar-refractivity contribution in [1.29, 1.82) is 0 Å². The third-order valence-corrected chi connectivity index (χ3v) is 6.09. The molecule has 1 aliphatic heterocycles. The first-order valence-corrected chi connectivity index (χ1v) is 9.89. The van der Waals surface area contributed by atoms with Crippen LogP contribution in [0.25, 0.3) is 0 Å². The van der Waals surface area contributed by atoms with Crippen molar-refractivity contribution in [2.45, 2.75) is 19.4 Å². The van der Waals surface area contributed by atoms with Gasteiger partial charge in [-0.1, -0.05) is 17.7 Å². The highest BCUT2D eigenvalue weighted by Gasteiger charge is 2.29. The molecule has 1 aliphatic rings. The first kappa shape index (κ1) is 17.6. The van der Waals surface area contributed by atoms with Crippen molar-refractivity contribution in [3.63, 3.8) is 0 Å². The van der Waals surface area contributed by atoms with Crippen LogP contribution in [0.1, 0.15) is 22.5 Å². The van der Waals surface area contributed by atoms with Gasteiger partial charge in [-0.05, 0) is 31.0 Å². The van der Waals surface area contributed by atoms with Crippen LogP contribution in [0.5, 0.6) is 0 Å². The van der Waals surface area contributed by atoms with Crippen LogP contribution in [0.3, 0.4) is 0 Å². The van der Waals surface area contributed by atoms with E-state index in [2.05, 4.69) is 20.6 Å². The topological polar surface area (TPSA) is 101 Å². The number of aromatic nitrogens is 2. The van der Waals surface area contributed by atoms with Gasteiger partial charge in [0.15, 0.2) is 9.84 Å². The first-order chi connectivity index (χ1) is 11.8. The highest BCUT2D eigenvalue weighted by molar-refractivity contribution is 7.91. The van der Waals surface area contributed by atoms with E-state index in [1.807, 2.05) is 19.1 Å². The second-order valence-electron chi connectivity index (χ2n) is 5.95. The van der Waals surface area contributed by atoms with E-state index >= 15 is 0 Å². The molecule has 0 radical (unpaired) electrons. The lowest BCUT2D eigenvalue weighted by atomic mass is 10.2. The Morgan fingerprint density at radius 3 is 2.76 bits per heavy atom. The summed E-state index contributed by atoms with van der Waals surface area (Å²) >= 11 is 6.09. The maximum absolute atomic E-state index is 12.3. The van der Waals surface area contributed by atoms with Crippen molar-refractivity contribution in [3.05, 3.63) is 46.9 Å². The quantitative estimate of drug-likeness (QED) is 0.842. The summed E-state index contributed by atoms with van der Waals surface area (Å²) in [6.45, 7) is 1.91. The summed E-state index contributed by atoms with van der Waals surface area (Å²) < 4.78 is 22.9. The summed E-state index contributed by atoms with van der Waals surface area (Å²) in [5, 5.41) is 6.39. The number of benzene rings is 1. The zero-order chi connectivity index (χ0) is 18.0. The molecule has 1 atom stereocenters. The number of carbonyl (C=O) groups is 1. The highest BCUT2D eigenvalue weighted by Crippen LogP contribution is 2.22. The van der Waals surface area contributed by atoms with Crippen LogP contribution in [0.2, 0.25) is 5.02 Å². The number of aryl methyl sites for hydroxylation is 1. The Balaban J connectivity index is 1.70. The summed E-state index contributed by atoms with van der Waals surface area (Å²) in [5.41, 5.74) is 1.86. The molecular weight excluding hydrogens is 364 g/mol. The number of sulfone groups is 1. The van der Waals surface area contributed by atoms with Gasteiger partial charge in [-0.15, -0.1) is 0 Å². The van der Waals surface area contributed by atoms with Gasteiger partial charge in [0, 0.05) is 22.8 Å². The van der Waals surface area contributed by atoms with Crippen molar-refractivity contribution in [1.82, 2.24) is 15.3 Å². The number of rotatable bonds is 4. The smallest absolute Gasteiger partial charge is 0.270 e. The van der Waals surface area contributed by atoms with Crippen molar-refractivity contribution < 1.29 is 13.2 Å². The Kier molecular flexibility index (Phi) is 4.91. The number of anilines is 2. The van der Waals surface area contributed by atoms with Gasteiger partial charge in [-0.3, -0.25) is 4.79 Å². The fourth-order valence-electron chi connectivity index (χ4n) is 2.54. The molecule has 1 aromatic heterocycles. The third-order valence-electron chi connectivity index (χ3n) is 3.91. The molecule has 0 spiro atoms. The Morgan fingerprint density at radius 2 is 2.08 bits per heavy atom. The SMILES string of the molecule is Cc1ccc(Nc2cc(C(=O)NC3CCS(=O)(=O)C3)ncn2)cc1Cl. The van der Waals surface area contributed by atoms with Crippen LogP contribution in [0.15, 0.2) is 30.6 Å². The van der Waals surface area contributed by atoms with Crippen molar-refractivity contribution in [3.8, 4) is 0 Å². The lowest BCUT2D eigenvalue weighted by molar-refractivity contribution is 0.0936. The minimum Gasteiger partial charge on any atom is -0.347 e. The van der Waals surface area contributed by atoms with Crippen LogP contribution in [0.4, 0.5) is 11.5 Å². The third kappa shape index (κ3) is 4.46. The van der Waals surface area contributed by atoms with Gasteiger partial charge in [-0.25, -0.2) is 18.4 Å². The zero-order valence-electron chi connectivity index (χ0n) is 13.5. The van der Waals surface area contributed by atoms with E-state index < -0.39 is 15.7 Å². The summed E-state index contributed by atoms with van der Waals surface area (Å²) in [5.74, 6) is 0.0908. The molecule has 1 saturated heterocycles. The predicted octanol–water partition coefficient (Wildman–Crippen LogP) is 2.10. The normalized spacial score (nSPS) is 18.7. The average molecular weight is 381 g/mol. The van der Waals surface area contributed by atoms with Gasteiger partial charge in [-0.2, -0.15) is 0 Å². The molecule has 2 N–H and O–H groups in total. The Bertz CT molecular complexity index is 917. The highest BCUT2D eigenvalue weighted by atomic mass is 35.5. The van der Waals surface area contributed by atoms with E-state index in [1.54, 1.807) is 6.07 Å². The molecule has 1 aromatic carbocycles. The molecule has 1 amide bonds. The van der Waals surface area contributed by atoms with Gasteiger partial charge in [0.25, 0.3) is 5.91 Å². The molecule has 1 fully saturated rings. The van der Waals surface area contributed by atoms with Gasteiger partial charge in [0.1, 0.15) is 17.8 Å². The molecule has 2 heterocycles. The summed E-state index contributed by atoms with van der Waals surface area (Å²) in [4.78, 5) is 20.3. The van der Waals surface area contributed by atoms with Crippen LogP contribution in [0, 0.1) is 6.92 Å². The van der Waals surface area contributed by atoms with E-state index in [-0.39, 0.29) is 23.2 Å². The molecule has 0 bridgehead atoms. The molecular formula is C16H17ClN4O3S. The largest absolute Gasteiger partial charge is 0.347 e. The Morgan fingerprint density at radius 1 is 1.28 bits per heavy atom. The molecule has 0 aliphatic carbocycles.